The van der Waals surface area contributed by atoms with Gasteiger partial charge in [0.2, 0.25) is 0 Å². The number of rotatable bonds is 1. The lowest BCUT2D eigenvalue weighted by atomic mass is 9.78. The molecular weight excluding hydrogens is 354 g/mol. The quantitative estimate of drug-likeness (QED) is 0.514. The van der Waals surface area contributed by atoms with E-state index in [-0.39, 0.29) is 10.8 Å². The van der Waals surface area contributed by atoms with E-state index in [1.54, 1.807) is 0 Å². The molecule has 5 rings (SSSR count). The number of nitrogens with zero attached hydrogens (tertiary/aromatic N) is 3. The van der Waals surface area contributed by atoms with Crippen molar-refractivity contribution in [2.24, 2.45) is 0 Å². The van der Waals surface area contributed by atoms with Gasteiger partial charge in [-0.05, 0) is 42.6 Å². The lowest BCUT2D eigenvalue weighted by molar-refractivity contribution is -0.405. The number of para-hydroxylation sites is 2. The van der Waals surface area contributed by atoms with Crippen LogP contribution in [0.25, 0.3) is 10.9 Å². The van der Waals surface area contributed by atoms with Crippen molar-refractivity contribution in [2.45, 2.75) is 38.5 Å². The minimum Gasteiger partial charge on any atom is -0.347 e. The molecule has 1 aromatic heterocycles. The van der Waals surface area contributed by atoms with Crippen molar-refractivity contribution in [1.29, 1.82) is 0 Å². The fourth-order valence-corrected chi connectivity index (χ4v) is 5.16. The van der Waals surface area contributed by atoms with Crippen molar-refractivity contribution >= 4 is 28.1 Å². The van der Waals surface area contributed by atoms with E-state index in [1.165, 1.54) is 33.6 Å². The van der Waals surface area contributed by atoms with Crippen molar-refractivity contribution in [3.63, 3.8) is 0 Å². The van der Waals surface area contributed by atoms with Crippen LogP contribution in [0.4, 0.5) is 11.5 Å². The minimum absolute atomic E-state index is 0.0395. The molecule has 0 fully saturated rings. The van der Waals surface area contributed by atoms with Crippen LogP contribution in [0, 0.1) is 0 Å². The Bertz CT molecular complexity index is 1230. The Hall–Kier alpha value is -2.94. The monoisotopic (exact) mass is 382 g/mol. The number of anilines is 1. The van der Waals surface area contributed by atoms with Crippen molar-refractivity contribution in [2.75, 3.05) is 19.0 Å². The SMILES string of the molecule is CN1C(=CC2=[N+](C)c3nc4ccccc4cc3C2(C)C)C(C)(C)c2ccccc21. The Balaban J connectivity index is 1.70. The predicted octanol–water partition coefficient (Wildman–Crippen LogP) is 5.55. The van der Waals surface area contributed by atoms with Gasteiger partial charge in [-0.15, -0.1) is 0 Å². The highest BCUT2D eigenvalue weighted by Gasteiger charge is 2.45. The molecule has 0 saturated heterocycles. The maximum atomic E-state index is 5.01. The molecule has 2 aliphatic rings. The van der Waals surface area contributed by atoms with Crippen LogP contribution in [0.1, 0.15) is 38.8 Å². The van der Waals surface area contributed by atoms with E-state index in [0.29, 0.717) is 0 Å². The molecule has 0 N–H and O–H groups in total. The number of allylic oxidation sites excluding steroid dienone is 2. The molecule has 3 aromatic rings. The Labute approximate surface area is 173 Å². The average molecular weight is 383 g/mol. The highest BCUT2D eigenvalue weighted by Crippen LogP contribution is 2.48. The molecular formula is C26H28N3+. The third kappa shape index (κ3) is 2.37. The summed E-state index contributed by atoms with van der Waals surface area (Å²) in [4.78, 5) is 7.36. The summed E-state index contributed by atoms with van der Waals surface area (Å²) in [5, 5.41) is 1.20. The van der Waals surface area contributed by atoms with Crippen LogP contribution >= 0.6 is 0 Å². The summed E-state index contributed by atoms with van der Waals surface area (Å²) in [6.07, 6.45) is 2.40. The fraction of sp³-hybridized carbons (Fsp3) is 0.308. The van der Waals surface area contributed by atoms with E-state index in [1.807, 2.05) is 0 Å². The Morgan fingerprint density at radius 2 is 1.59 bits per heavy atom. The summed E-state index contributed by atoms with van der Waals surface area (Å²) in [6, 6.07) is 19.4. The van der Waals surface area contributed by atoms with Gasteiger partial charge in [0.05, 0.1) is 18.0 Å². The smallest absolute Gasteiger partial charge is 0.327 e. The van der Waals surface area contributed by atoms with Gasteiger partial charge in [-0.2, -0.15) is 0 Å². The van der Waals surface area contributed by atoms with Crippen molar-refractivity contribution in [1.82, 2.24) is 4.98 Å². The molecule has 2 aromatic carbocycles. The Morgan fingerprint density at radius 1 is 0.897 bits per heavy atom. The molecule has 0 amide bonds. The molecule has 0 atom stereocenters. The van der Waals surface area contributed by atoms with Crippen LogP contribution in [0.3, 0.4) is 0 Å². The van der Waals surface area contributed by atoms with Crippen molar-refractivity contribution < 1.29 is 4.58 Å². The lowest BCUT2D eigenvalue weighted by Crippen LogP contribution is -2.31. The first-order chi connectivity index (χ1) is 13.7. The van der Waals surface area contributed by atoms with E-state index < -0.39 is 0 Å². The normalized spacial score (nSPS) is 20.5. The van der Waals surface area contributed by atoms with Crippen molar-refractivity contribution in [3.8, 4) is 0 Å². The molecule has 146 valence electrons. The summed E-state index contributed by atoms with van der Waals surface area (Å²) >= 11 is 0. The van der Waals surface area contributed by atoms with Crippen LogP contribution in [0.15, 0.2) is 66.4 Å². The van der Waals surface area contributed by atoms with Gasteiger partial charge in [-0.25, -0.2) is 4.58 Å². The summed E-state index contributed by atoms with van der Waals surface area (Å²) in [5.41, 5.74) is 7.49. The fourth-order valence-electron chi connectivity index (χ4n) is 5.16. The van der Waals surface area contributed by atoms with Gasteiger partial charge in [0.15, 0.2) is 5.52 Å². The number of benzene rings is 2. The standard InChI is InChI=1S/C26H28N3/c1-25(2)18-12-8-10-14-21(18)28(5)22(25)16-23-26(3,4)19-15-17-11-7-9-13-20(17)27-24(19)29(23)6/h7-16H,1-6H3/q+1. The third-order valence-electron chi connectivity index (χ3n) is 6.91. The molecule has 3 heteroatoms. The maximum Gasteiger partial charge on any atom is 0.327 e. The highest BCUT2D eigenvalue weighted by atomic mass is 15.2. The first-order valence-corrected chi connectivity index (χ1v) is 10.3. The zero-order valence-corrected chi connectivity index (χ0v) is 18.1. The molecule has 0 aliphatic carbocycles. The lowest BCUT2D eigenvalue weighted by Gasteiger charge is -2.26. The van der Waals surface area contributed by atoms with Gasteiger partial charge in [0.25, 0.3) is 0 Å². The zero-order valence-electron chi connectivity index (χ0n) is 18.1. The number of pyridine rings is 1. The molecule has 0 radical (unpaired) electrons. The van der Waals surface area contributed by atoms with Crippen LogP contribution in [-0.2, 0) is 10.8 Å². The first-order valence-electron chi connectivity index (χ1n) is 10.3. The molecule has 0 spiro atoms. The summed E-state index contributed by atoms with van der Waals surface area (Å²) in [5.74, 6) is 1.07. The minimum atomic E-state index is -0.111. The second-order valence-corrected chi connectivity index (χ2v) is 9.35. The molecule has 0 bridgehead atoms. The molecule has 29 heavy (non-hydrogen) atoms. The van der Waals surface area contributed by atoms with Gasteiger partial charge in [-0.1, -0.05) is 50.2 Å². The van der Waals surface area contributed by atoms with E-state index in [9.17, 15) is 0 Å². The third-order valence-corrected chi connectivity index (χ3v) is 6.91. The Kier molecular flexibility index (Phi) is 3.62. The van der Waals surface area contributed by atoms with E-state index >= 15 is 0 Å². The van der Waals surface area contributed by atoms with Gasteiger partial charge in [0, 0.05) is 35.3 Å². The van der Waals surface area contributed by atoms with Gasteiger partial charge in [0.1, 0.15) is 5.71 Å². The van der Waals surface area contributed by atoms with E-state index in [2.05, 4.69) is 112 Å². The molecule has 2 aliphatic heterocycles. The molecule has 3 nitrogen and oxygen atoms in total. The summed E-state index contributed by atoms with van der Waals surface area (Å²) < 4.78 is 2.28. The first kappa shape index (κ1) is 18.1. The molecule has 3 heterocycles. The summed E-state index contributed by atoms with van der Waals surface area (Å²) in [6.45, 7) is 9.27. The Morgan fingerprint density at radius 3 is 2.34 bits per heavy atom. The van der Waals surface area contributed by atoms with Gasteiger partial charge >= 0.3 is 5.82 Å². The van der Waals surface area contributed by atoms with E-state index in [4.69, 9.17) is 4.98 Å². The average Bonchev–Trinajstić information content (AvgIpc) is 3.01. The second kappa shape index (κ2) is 5.79. The van der Waals surface area contributed by atoms with Crippen LogP contribution in [0.2, 0.25) is 0 Å². The van der Waals surface area contributed by atoms with Crippen LogP contribution in [0.5, 0.6) is 0 Å². The topological polar surface area (TPSA) is 19.1 Å². The largest absolute Gasteiger partial charge is 0.347 e. The molecule has 0 unspecified atom stereocenters. The van der Waals surface area contributed by atoms with Crippen LogP contribution < -0.4 is 4.90 Å². The number of hydrogen-bond acceptors (Lipinski definition) is 2. The zero-order chi connectivity index (χ0) is 20.6. The number of aromatic nitrogens is 1. The maximum absolute atomic E-state index is 5.01. The van der Waals surface area contributed by atoms with Gasteiger partial charge in [-0.3, -0.25) is 0 Å². The highest BCUT2D eigenvalue weighted by molar-refractivity contribution is 6.05. The van der Waals surface area contributed by atoms with Gasteiger partial charge < -0.3 is 4.90 Å². The number of fused-ring (bicyclic) bond motifs is 3. The number of hydrogen-bond donors (Lipinski definition) is 0. The predicted molar refractivity (Wildman–Crippen MR) is 122 cm³/mol. The summed E-state index contributed by atoms with van der Waals surface area (Å²) in [7, 11) is 4.33. The van der Waals surface area contributed by atoms with E-state index in [0.717, 1.165) is 11.3 Å². The number of likely N-dealkylation sites (N-methyl/N-ethyl adjacent to an activating group) is 1. The van der Waals surface area contributed by atoms with Crippen molar-refractivity contribution in [3.05, 3.63) is 77.5 Å². The van der Waals surface area contributed by atoms with Crippen LogP contribution in [-0.4, -0.2) is 29.4 Å². The second-order valence-electron chi connectivity index (χ2n) is 9.35. The molecule has 0 saturated carbocycles.